The number of ketones is 1. The van der Waals surface area contributed by atoms with Crippen LogP contribution >= 0.6 is 0 Å². The number of anilines is 1. The predicted octanol–water partition coefficient (Wildman–Crippen LogP) is 4.42. The summed E-state index contributed by atoms with van der Waals surface area (Å²) in [5, 5.41) is 3.55. The Labute approximate surface area is 154 Å². The molecule has 2 aromatic rings. The molecule has 0 spiro atoms. The smallest absolute Gasteiger partial charge is 0.208 e. The van der Waals surface area contributed by atoms with E-state index in [0.717, 1.165) is 36.5 Å². The van der Waals surface area contributed by atoms with E-state index in [0.29, 0.717) is 6.42 Å². The molecule has 26 heavy (non-hydrogen) atoms. The Morgan fingerprint density at radius 2 is 1.88 bits per heavy atom. The Bertz CT molecular complexity index is 920. The van der Waals surface area contributed by atoms with E-state index in [4.69, 9.17) is 4.98 Å². The van der Waals surface area contributed by atoms with Crippen LogP contribution in [0.2, 0.25) is 0 Å². The van der Waals surface area contributed by atoms with Crippen LogP contribution in [0.4, 0.5) is 5.95 Å². The number of nitrogens with one attached hydrogen (secondary N) is 1. The van der Waals surface area contributed by atoms with Gasteiger partial charge in [0.2, 0.25) is 5.95 Å². The molecule has 4 nitrogen and oxygen atoms in total. The molecule has 1 aromatic carbocycles. The molecule has 0 saturated heterocycles. The Balaban J connectivity index is 1.74. The van der Waals surface area contributed by atoms with Crippen LogP contribution in [0.1, 0.15) is 62.5 Å². The standard InChI is InChI=1S/C22H25N3O/c1-22(2)12-16-19(18(26)13-22)20(14-8-4-3-5-9-14)25-17-11-7-6-10-15(17)23-21(25)24-16/h3-5,8-9,20H,6-7,10-13H2,1-2H3,(H,23,24). The monoisotopic (exact) mass is 347 g/mol. The number of allylic oxidation sites excluding steroid dienone is 2. The first kappa shape index (κ1) is 15.9. The fourth-order valence-corrected chi connectivity index (χ4v) is 4.91. The molecule has 0 radical (unpaired) electrons. The number of imidazole rings is 1. The van der Waals surface area contributed by atoms with Crippen molar-refractivity contribution in [1.29, 1.82) is 0 Å². The van der Waals surface area contributed by atoms with Crippen molar-refractivity contribution in [2.45, 2.75) is 58.4 Å². The molecule has 5 rings (SSSR count). The summed E-state index contributed by atoms with van der Waals surface area (Å²) in [5.74, 6) is 1.21. The lowest BCUT2D eigenvalue weighted by molar-refractivity contribution is -0.118. The molecule has 1 aliphatic heterocycles. The first-order valence-corrected chi connectivity index (χ1v) is 9.72. The van der Waals surface area contributed by atoms with Gasteiger partial charge in [0.25, 0.3) is 0 Å². The molecule has 4 heteroatoms. The highest BCUT2D eigenvalue weighted by Crippen LogP contribution is 2.47. The molecule has 1 atom stereocenters. The summed E-state index contributed by atoms with van der Waals surface area (Å²) in [6, 6.07) is 10.4. The molecular formula is C22H25N3O. The molecule has 3 aliphatic rings. The minimum absolute atomic E-state index is 0.00145. The van der Waals surface area contributed by atoms with Crippen LogP contribution in [-0.4, -0.2) is 15.3 Å². The van der Waals surface area contributed by atoms with Crippen LogP contribution < -0.4 is 5.32 Å². The predicted molar refractivity (Wildman–Crippen MR) is 102 cm³/mol. The van der Waals surface area contributed by atoms with Gasteiger partial charge < -0.3 is 9.88 Å². The van der Waals surface area contributed by atoms with Gasteiger partial charge in [0.05, 0.1) is 11.7 Å². The Kier molecular flexibility index (Phi) is 3.40. The second kappa shape index (κ2) is 5.57. The SMILES string of the molecule is CC1(C)CC(=O)C2=C(C1)Nc1nc3c(n1C2c1ccccc1)CCCC3. The van der Waals surface area contributed by atoms with Gasteiger partial charge in [0.1, 0.15) is 0 Å². The van der Waals surface area contributed by atoms with Gasteiger partial charge in [0.15, 0.2) is 5.78 Å². The number of aromatic nitrogens is 2. The van der Waals surface area contributed by atoms with Gasteiger partial charge in [-0.2, -0.15) is 0 Å². The van der Waals surface area contributed by atoms with E-state index in [2.05, 4.69) is 48.0 Å². The normalized spacial score (nSPS) is 23.8. The minimum atomic E-state index is -0.0413. The van der Waals surface area contributed by atoms with Crippen LogP contribution in [0.5, 0.6) is 0 Å². The van der Waals surface area contributed by atoms with Gasteiger partial charge in [0, 0.05) is 23.4 Å². The maximum atomic E-state index is 13.2. The Hall–Kier alpha value is -2.36. The van der Waals surface area contributed by atoms with Gasteiger partial charge in [-0.3, -0.25) is 4.79 Å². The van der Waals surface area contributed by atoms with Crippen molar-refractivity contribution in [3.8, 4) is 0 Å². The third-order valence-corrected chi connectivity index (χ3v) is 6.00. The van der Waals surface area contributed by atoms with Crippen LogP contribution in [0.3, 0.4) is 0 Å². The Morgan fingerprint density at radius 1 is 1.12 bits per heavy atom. The summed E-state index contributed by atoms with van der Waals surface area (Å²) >= 11 is 0. The number of aryl methyl sites for hydroxylation is 1. The van der Waals surface area contributed by atoms with Crippen LogP contribution in [0.15, 0.2) is 41.6 Å². The first-order valence-electron chi connectivity index (χ1n) is 9.72. The molecular weight excluding hydrogens is 322 g/mol. The number of Topliss-reactive ketones (excluding diaryl/α,β-unsaturated/α-hetero) is 1. The highest BCUT2D eigenvalue weighted by Gasteiger charge is 2.42. The van der Waals surface area contributed by atoms with Gasteiger partial charge >= 0.3 is 0 Å². The number of hydrogen-bond acceptors (Lipinski definition) is 3. The van der Waals surface area contributed by atoms with E-state index < -0.39 is 0 Å². The van der Waals surface area contributed by atoms with E-state index in [-0.39, 0.29) is 17.2 Å². The number of benzene rings is 1. The van der Waals surface area contributed by atoms with E-state index in [9.17, 15) is 4.79 Å². The quantitative estimate of drug-likeness (QED) is 0.831. The number of nitrogens with zero attached hydrogens (tertiary/aromatic N) is 2. The number of fused-ring (bicyclic) bond motifs is 3. The van der Waals surface area contributed by atoms with E-state index in [1.54, 1.807) is 0 Å². The van der Waals surface area contributed by atoms with Crippen molar-refractivity contribution < 1.29 is 4.79 Å². The number of carbonyl (C=O) groups is 1. The second-order valence-electron chi connectivity index (χ2n) is 8.68. The fourth-order valence-electron chi connectivity index (χ4n) is 4.91. The fraction of sp³-hybridized carbons (Fsp3) is 0.455. The zero-order valence-electron chi connectivity index (χ0n) is 15.5. The Morgan fingerprint density at radius 3 is 2.69 bits per heavy atom. The first-order chi connectivity index (χ1) is 12.5. The lowest BCUT2D eigenvalue weighted by Gasteiger charge is -2.39. The molecule has 0 fully saturated rings. The van der Waals surface area contributed by atoms with Crippen LogP contribution in [-0.2, 0) is 17.6 Å². The molecule has 0 saturated carbocycles. The van der Waals surface area contributed by atoms with Crippen LogP contribution in [0.25, 0.3) is 0 Å². The highest BCUT2D eigenvalue weighted by molar-refractivity contribution is 6.00. The maximum Gasteiger partial charge on any atom is 0.208 e. The summed E-state index contributed by atoms with van der Waals surface area (Å²) in [7, 11) is 0. The lowest BCUT2D eigenvalue weighted by atomic mass is 9.73. The molecule has 134 valence electrons. The zero-order chi connectivity index (χ0) is 17.9. The van der Waals surface area contributed by atoms with E-state index in [1.165, 1.54) is 29.8 Å². The summed E-state index contributed by atoms with van der Waals surface area (Å²) in [5.41, 5.74) is 5.74. The number of rotatable bonds is 1. The maximum absolute atomic E-state index is 13.2. The minimum Gasteiger partial charge on any atom is -0.329 e. The second-order valence-corrected chi connectivity index (χ2v) is 8.68. The van der Waals surface area contributed by atoms with Crippen molar-refractivity contribution in [2.24, 2.45) is 5.41 Å². The molecule has 1 N–H and O–H groups in total. The van der Waals surface area contributed by atoms with Crippen molar-refractivity contribution in [3.05, 3.63) is 58.6 Å². The average Bonchev–Trinajstić information content (AvgIpc) is 2.97. The third kappa shape index (κ3) is 2.35. The highest BCUT2D eigenvalue weighted by atomic mass is 16.1. The van der Waals surface area contributed by atoms with Crippen LogP contribution in [0, 0.1) is 5.41 Å². The van der Waals surface area contributed by atoms with Crippen molar-refractivity contribution in [1.82, 2.24) is 9.55 Å². The van der Waals surface area contributed by atoms with Gasteiger partial charge in [-0.25, -0.2) is 4.98 Å². The summed E-state index contributed by atoms with van der Waals surface area (Å²) in [6.07, 6.45) is 6.02. The summed E-state index contributed by atoms with van der Waals surface area (Å²) < 4.78 is 2.32. The average molecular weight is 347 g/mol. The van der Waals surface area contributed by atoms with E-state index >= 15 is 0 Å². The lowest BCUT2D eigenvalue weighted by Crippen LogP contribution is -2.36. The number of hydrogen-bond donors (Lipinski definition) is 1. The van der Waals surface area contributed by atoms with Gasteiger partial charge in [-0.15, -0.1) is 0 Å². The van der Waals surface area contributed by atoms with Crippen molar-refractivity contribution >= 4 is 11.7 Å². The largest absolute Gasteiger partial charge is 0.329 e. The summed E-state index contributed by atoms with van der Waals surface area (Å²) in [4.78, 5) is 18.1. The molecule has 2 heterocycles. The van der Waals surface area contributed by atoms with Gasteiger partial charge in [-0.1, -0.05) is 44.2 Å². The molecule has 2 aliphatic carbocycles. The molecule has 1 unspecified atom stereocenters. The van der Waals surface area contributed by atoms with Crippen molar-refractivity contribution in [3.63, 3.8) is 0 Å². The van der Waals surface area contributed by atoms with Crippen molar-refractivity contribution in [2.75, 3.05) is 5.32 Å². The third-order valence-electron chi connectivity index (χ3n) is 6.00. The number of carbonyl (C=O) groups excluding carboxylic acids is 1. The van der Waals surface area contributed by atoms with Gasteiger partial charge in [-0.05, 0) is 43.1 Å². The molecule has 1 aromatic heterocycles. The van der Waals surface area contributed by atoms with E-state index in [1.807, 2.05) is 6.07 Å². The summed E-state index contributed by atoms with van der Waals surface area (Å²) in [6.45, 7) is 4.36. The zero-order valence-corrected chi connectivity index (χ0v) is 15.5. The molecule has 0 bridgehead atoms. The molecule has 0 amide bonds. The topological polar surface area (TPSA) is 46.9 Å².